The maximum Gasteiger partial charge on any atom is 0.326 e. The first kappa shape index (κ1) is 12.4. The fraction of sp³-hybridized carbons (Fsp3) is 0.846. The molecule has 0 saturated heterocycles. The van der Waals surface area contributed by atoms with Gasteiger partial charge in [0.15, 0.2) is 0 Å². The Kier molecular flexibility index (Phi) is 2.92. The lowest BCUT2D eigenvalue weighted by Crippen LogP contribution is -2.50. The maximum atomic E-state index is 12.0. The van der Waals surface area contributed by atoms with Gasteiger partial charge in [-0.05, 0) is 36.5 Å². The van der Waals surface area contributed by atoms with E-state index in [4.69, 9.17) is 5.11 Å². The first-order valence-electron chi connectivity index (χ1n) is 6.32. The molecule has 2 saturated carbocycles. The van der Waals surface area contributed by atoms with Crippen LogP contribution in [0.5, 0.6) is 0 Å². The normalized spacial score (nSPS) is 32.8. The average molecular weight is 239 g/mol. The SMILES string of the molecule is CC(C)(C)[C@H](NC(=O)C1CC2CC2C1)C(=O)O. The molecule has 0 aromatic carbocycles. The molecular weight excluding hydrogens is 218 g/mol. The number of carbonyl (C=O) groups excluding carboxylic acids is 1. The monoisotopic (exact) mass is 239 g/mol. The Morgan fingerprint density at radius 3 is 2.12 bits per heavy atom. The maximum absolute atomic E-state index is 12.0. The van der Waals surface area contributed by atoms with Gasteiger partial charge in [0.1, 0.15) is 6.04 Å². The molecule has 96 valence electrons. The van der Waals surface area contributed by atoms with E-state index in [1.54, 1.807) is 0 Å². The zero-order valence-corrected chi connectivity index (χ0v) is 10.7. The van der Waals surface area contributed by atoms with Crippen LogP contribution in [0.15, 0.2) is 0 Å². The lowest BCUT2D eigenvalue weighted by Gasteiger charge is -2.29. The summed E-state index contributed by atoms with van der Waals surface area (Å²) < 4.78 is 0. The molecule has 3 atom stereocenters. The molecule has 2 rings (SSSR count). The van der Waals surface area contributed by atoms with Crippen molar-refractivity contribution in [2.24, 2.45) is 23.2 Å². The molecule has 2 unspecified atom stereocenters. The van der Waals surface area contributed by atoms with Gasteiger partial charge in [-0.3, -0.25) is 4.79 Å². The van der Waals surface area contributed by atoms with E-state index in [0.717, 1.165) is 24.7 Å². The number of hydrogen-bond acceptors (Lipinski definition) is 2. The van der Waals surface area contributed by atoms with E-state index in [2.05, 4.69) is 5.32 Å². The van der Waals surface area contributed by atoms with Crippen LogP contribution in [-0.2, 0) is 9.59 Å². The Morgan fingerprint density at radius 2 is 1.71 bits per heavy atom. The molecule has 2 aliphatic carbocycles. The van der Waals surface area contributed by atoms with Gasteiger partial charge in [-0.15, -0.1) is 0 Å². The standard InChI is InChI=1S/C13H21NO3/c1-13(2,3)10(12(16)17)14-11(15)9-5-7-4-8(7)6-9/h7-10H,4-6H2,1-3H3,(H,14,15)(H,16,17)/t7?,8?,9?,10-/m1/s1. The van der Waals surface area contributed by atoms with Crippen LogP contribution in [-0.4, -0.2) is 23.0 Å². The molecule has 0 aromatic rings. The fourth-order valence-electron chi connectivity index (χ4n) is 2.84. The van der Waals surface area contributed by atoms with Gasteiger partial charge in [0.05, 0.1) is 0 Å². The smallest absolute Gasteiger partial charge is 0.326 e. The summed E-state index contributed by atoms with van der Waals surface area (Å²) in [6, 6.07) is -0.799. The Labute approximate surface area is 102 Å². The van der Waals surface area contributed by atoms with E-state index in [1.807, 2.05) is 20.8 Å². The molecule has 0 spiro atoms. The second-order valence-electron chi connectivity index (χ2n) is 6.57. The van der Waals surface area contributed by atoms with Gasteiger partial charge in [-0.1, -0.05) is 20.8 Å². The van der Waals surface area contributed by atoms with E-state index in [9.17, 15) is 9.59 Å². The van der Waals surface area contributed by atoms with Crippen molar-refractivity contribution in [3.63, 3.8) is 0 Å². The van der Waals surface area contributed by atoms with Gasteiger partial charge in [-0.25, -0.2) is 4.79 Å². The van der Waals surface area contributed by atoms with Crippen molar-refractivity contribution >= 4 is 11.9 Å². The van der Waals surface area contributed by atoms with Crippen molar-refractivity contribution in [2.45, 2.75) is 46.1 Å². The number of aliphatic carboxylic acids is 1. The molecule has 2 fully saturated rings. The highest BCUT2D eigenvalue weighted by Gasteiger charge is 2.48. The largest absolute Gasteiger partial charge is 0.480 e. The van der Waals surface area contributed by atoms with E-state index in [-0.39, 0.29) is 11.8 Å². The summed E-state index contributed by atoms with van der Waals surface area (Å²) in [5.41, 5.74) is -0.455. The Balaban J connectivity index is 1.93. The highest BCUT2D eigenvalue weighted by atomic mass is 16.4. The summed E-state index contributed by atoms with van der Waals surface area (Å²) in [5.74, 6) is 0.504. The van der Waals surface area contributed by atoms with E-state index in [1.165, 1.54) is 6.42 Å². The molecule has 1 amide bonds. The van der Waals surface area contributed by atoms with Crippen molar-refractivity contribution in [2.75, 3.05) is 0 Å². The second-order valence-corrected chi connectivity index (χ2v) is 6.57. The number of rotatable bonds is 3. The average Bonchev–Trinajstić information content (AvgIpc) is 2.79. The molecule has 0 aliphatic heterocycles. The minimum atomic E-state index is -0.950. The van der Waals surface area contributed by atoms with Crippen molar-refractivity contribution in [1.29, 1.82) is 0 Å². The van der Waals surface area contributed by atoms with Gasteiger partial charge < -0.3 is 10.4 Å². The number of hydrogen-bond donors (Lipinski definition) is 2. The summed E-state index contributed by atoms with van der Waals surface area (Å²) in [6.07, 6.45) is 3.17. The molecular formula is C13H21NO3. The Bertz CT molecular complexity index is 335. The molecule has 0 bridgehead atoms. The highest BCUT2D eigenvalue weighted by molar-refractivity contribution is 5.85. The van der Waals surface area contributed by atoms with Crippen LogP contribution in [0.2, 0.25) is 0 Å². The van der Waals surface area contributed by atoms with Gasteiger partial charge in [-0.2, -0.15) is 0 Å². The number of nitrogens with one attached hydrogen (secondary N) is 1. The second kappa shape index (κ2) is 4.00. The number of carbonyl (C=O) groups is 2. The zero-order valence-electron chi connectivity index (χ0n) is 10.7. The molecule has 2 N–H and O–H groups in total. The van der Waals surface area contributed by atoms with Crippen molar-refractivity contribution < 1.29 is 14.7 Å². The molecule has 17 heavy (non-hydrogen) atoms. The van der Waals surface area contributed by atoms with Gasteiger partial charge >= 0.3 is 5.97 Å². The zero-order chi connectivity index (χ0) is 12.8. The summed E-state index contributed by atoms with van der Waals surface area (Å²) in [5, 5.41) is 11.8. The molecule has 0 radical (unpaired) electrons. The van der Waals surface area contributed by atoms with Gasteiger partial charge in [0, 0.05) is 5.92 Å². The van der Waals surface area contributed by atoms with E-state index in [0.29, 0.717) is 0 Å². The van der Waals surface area contributed by atoms with Crippen molar-refractivity contribution in [3.8, 4) is 0 Å². The third kappa shape index (κ3) is 2.61. The molecule has 2 aliphatic rings. The van der Waals surface area contributed by atoms with Crippen LogP contribution < -0.4 is 5.32 Å². The van der Waals surface area contributed by atoms with E-state index >= 15 is 0 Å². The minimum absolute atomic E-state index is 0.0444. The van der Waals surface area contributed by atoms with Crippen molar-refractivity contribution in [1.82, 2.24) is 5.32 Å². The summed E-state index contributed by atoms with van der Waals surface area (Å²) in [7, 11) is 0. The minimum Gasteiger partial charge on any atom is -0.480 e. The van der Waals surface area contributed by atoms with Crippen LogP contribution in [0.25, 0.3) is 0 Å². The number of carboxylic acids is 1. The van der Waals surface area contributed by atoms with Crippen LogP contribution in [0.4, 0.5) is 0 Å². The first-order valence-corrected chi connectivity index (χ1v) is 6.32. The summed E-state index contributed by atoms with van der Waals surface area (Å²) in [6.45, 7) is 5.49. The third-order valence-electron chi connectivity index (χ3n) is 4.01. The third-order valence-corrected chi connectivity index (χ3v) is 4.01. The summed E-state index contributed by atoms with van der Waals surface area (Å²) in [4.78, 5) is 23.2. The van der Waals surface area contributed by atoms with Gasteiger partial charge in [0.25, 0.3) is 0 Å². The van der Waals surface area contributed by atoms with Crippen LogP contribution >= 0.6 is 0 Å². The van der Waals surface area contributed by atoms with Crippen LogP contribution in [0, 0.1) is 23.2 Å². The quantitative estimate of drug-likeness (QED) is 0.787. The Hall–Kier alpha value is -1.06. The molecule has 4 heteroatoms. The van der Waals surface area contributed by atoms with Crippen LogP contribution in [0.3, 0.4) is 0 Å². The molecule has 4 nitrogen and oxygen atoms in total. The fourth-order valence-corrected chi connectivity index (χ4v) is 2.84. The predicted octanol–water partition coefficient (Wildman–Crippen LogP) is 1.65. The highest BCUT2D eigenvalue weighted by Crippen LogP contribution is 2.54. The Morgan fingerprint density at radius 1 is 1.18 bits per heavy atom. The van der Waals surface area contributed by atoms with Crippen LogP contribution in [0.1, 0.15) is 40.0 Å². The predicted molar refractivity (Wildman–Crippen MR) is 63.3 cm³/mol. The van der Waals surface area contributed by atoms with Crippen molar-refractivity contribution in [3.05, 3.63) is 0 Å². The van der Waals surface area contributed by atoms with Gasteiger partial charge in [0.2, 0.25) is 5.91 Å². The number of carboxylic acid groups (broad SMARTS) is 1. The molecule has 0 heterocycles. The van der Waals surface area contributed by atoms with E-state index < -0.39 is 17.4 Å². The first-order chi connectivity index (χ1) is 7.79. The molecule has 0 aromatic heterocycles. The number of amides is 1. The summed E-state index contributed by atoms with van der Waals surface area (Å²) >= 11 is 0. The lowest BCUT2D eigenvalue weighted by atomic mass is 9.86. The topological polar surface area (TPSA) is 66.4 Å². The number of fused-ring (bicyclic) bond motifs is 1. The lowest BCUT2D eigenvalue weighted by molar-refractivity contribution is -0.145.